The summed E-state index contributed by atoms with van der Waals surface area (Å²) >= 11 is 0. The van der Waals surface area contributed by atoms with E-state index in [2.05, 4.69) is 6.58 Å². The Hall–Kier alpha value is -3.69. The van der Waals surface area contributed by atoms with E-state index in [1.807, 2.05) is 6.92 Å². The number of hydrogen-bond donors (Lipinski definition) is 5. The molecule has 0 radical (unpaired) electrons. The minimum absolute atomic E-state index is 0.00779. The molecular weight excluding hydrogens is 468 g/mol. The van der Waals surface area contributed by atoms with Gasteiger partial charge in [0.05, 0.1) is 20.3 Å². The second-order valence-corrected chi connectivity index (χ2v) is 8.98. The lowest BCUT2D eigenvalue weighted by atomic mass is 9.93. The summed E-state index contributed by atoms with van der Waals surface area (Å²) in [6.07, 6.45) is 0.144. The maximum absolute atomic E-state index is 13.3. The van der Waals surface area contributed by atoms with Gasteiger partial charge in [-0.3, -0.25) is 4.79 Å². The van der Waals surface area contributed by atoms with Gasteiger partial charge in [-0.25, -0.2) is 0 Å². The van der Waals surface area contributed by atoms with Crippen molar-refractivity contribution in [3.8, 4) is 40.1 Å². The molecule has 0 spiro atoms. The Labute approximate surface area is 208 Å². The number of aliphatic hydroxyl groups excluding tert-OH is 2. The zero-order chi connectivity index (χ0) is 26.7. The standard InChI is InChI=1S/C27H32O9/c1-13(2)18(29)10-16-9-17(8-15(22(16)31)7-6-14(3)12-28)25-27(35-5)24(33)21-20(36-25)11-19(30)26(34-4)23(21)32/h8-9,11,14,18,28-32H,1,6-7,10,12H2,2-5H3/t14-,18-/m0/s1. The van der Waals surface area contributed by atoms with Crippen molar-refractivity contribution in [1.29, 1.82) is 0 Å². The highest BCUT2D eigenvalue weighted by Crippen LogP contribution is 2.44. The van der Waals surface area contributed by atoms with Gasteiger partial charge in [0.25, 0.3) is 0 Å². The van der Waals surface area contributed by atoms with Crippen LogP contribution in [0, 0.1) is 5.92 Å². The van der Waals surface area contributed by atoms with E-state index in [1.54, 1.807) is 19.1 Å². The van der Waals surface area contributed by atoms with Crippen LogP contribution in [0.15, 0.2) is 39.6 Å². The fourth-order valence-electron chi connectivity index (χ4n) is 3.98. The minimum atomic E-state index is -0.915. The van der Waals surface area contributed by atoms with E-state index in [1.165, 1.54) is 14.2 Å². The van der Waals surface area contributed by atoms with Gasteiger partial charge >= 0.3 is 0 Å². The number of hydrogen-bond acceptors (Lipinski definition) is 9. The second kappa shape index (κ2) is 10.9. The summed E-state index contributed by atoms with van der Waals surface area (Å²) < 4.78 is 16.3. The summed E-state index contributed by atoms with van der Waals surface area (Å²) in [6.45, 7) is 7.31. The van der Waals surface area contributed by atoms with Gasteiger partial charge in [0.2, 0.25) is 16.9 Å². The fraction of sp³-hybridized carbons (Fsp3) is 0.370. The van der Waals surface area contributed by atoms with Crippen LogP contribution in [0.25, 0.3) is 22.3 Å². The van der Waals surface area contributed by atoms with Gasteiger partial charge in [-0.15, -0.1) is 0 Å². The van der Waals surface area contributed by atoms with Crippen molar-refractivity contribution in [3.63, 3.8) is 0 Å². The fourth-order valence-corrected chi connectivity index (χ4v) is 3.98. The third-order valence-corrected chi connectivity index (χ3v) is 6.19. The molecule has 0 aliphatic carbocycles. The molecule has 0 aliphatic heterocycles. The van der Waals surface area contributed by atoms with E-state index in [9.17, 15) is 30.3 Å². The van der Waals surface area contributed by atoms with Gasteiger partial charge in [-0.2, -0.15) is 0 Å². The lowest BCUT2D eigenvalue weighted by Crippen LogP contribution is -2.12. The molecule has 0 unspecified atom stereocenters. The third kappa shape index (κ3) is 5.12. The van der Waals surface area contributed by atoms with Crippen molar-refractivity contribution in [3.05, 3.63) is 51.7 Å². The number of phenols is 3. The minimum Gasteiger partial charge on any atom is -0.507 e. The Bertz CT molecular complexity index is 1340. The predicted molar refractivity (Wildman–Crippen MR) is 135 cm³/mol. The molecule has 1 aromatic heterocycles. The maximum Gasteiger partial charge on any atom is 0.239 e. The summed E-state index contributed by atoms with van der Waals surface area (Å²) in [4.78, 5) is 13.3. The molecule has 0 saturated heterocycles. The van der Waals surface area contributed by atoms with Gasteiger partial charge in [-0.05, 0) is 48.9 Å². The van der Waals surface area contributed by atoms with Crippen LogP contribution in [0.3, 0.4) is 0 Å². The van der Waals surface area contributed by atoms with Gasteiger partial charge in [0.1, 0.15) is 16.7 Å². The van der Waals surface area contributed by atoms with Gasteiger partial charge in [-0.1, -0.05) is 19.1 Å². The number of phenolic OH excluding ortho intramolecular Hbond substituents is 3. The number of rotatable bonds is 10. The molecule has 5 N–H and O–H groups in total. The number of aliphatic hydroxyl groups is 2. The SMILES string of the molecule is C=C(C)[C@@H](O)Cc1cc(-c2oc3cc(O)c(OC)c(O)c3c(=O)c2OC)cc(CC[C@H](C)CO)c1O. The highest BCUT2D eigenvalue weighted by Gasteiger charge is 2.25. The van der Waals surface area contributed by atoms with Crippen LogP contribution >= 0.6 is 0 Å². The molecule has 9 nitrogen and oxygen atoms in total. The molecule has 3 rings (SSSR count). The average Bonchev–Trinajstić information content (AvgIpc) is 2.83. The van der Waals surface area contributed by atoms with Crippen LogP contribution < -0.4 is 14.9 Å². The molecule has 0 bridgehead atoms. The molecule has 1 heterocycles. The Balaban J connectivity index is 2.29. The zero-order valence-corrected chi connectivity index (χ0v) is 20.8. The lowest BCUT2D eigenvalue weighted by molar-refractivity contribution is 0.210. The van der Waals surface area contributed by atoms with Crippen molar-refractivity contribution < 1.29 is 39.4 Å². The van der Waals surface area contributed by atoms with E-state index in [0.717, 1.165) is 6.07 Å². The molecule has 0 saturated carbocycles. The van der Waals surface area contributed by atoms with Crippen LogP contribution in [0.1, 0.15) is 31.4 Å². The maximum atomic E-state index is 13.3. The number of aromatic hydroxyl groups is 3. The number of aryl methyl sites for hydroxylation is 1. The normalized spacial score (nSPS) is 12.9. The topological polar surface area (TPSA) is 150 Å². The van der Waals surface area contributed by atoms with E-state index >= 15 is 0 Å². The summed E-state index contributed by atoms with van der Waals surface area (Å²) in [7, 11) is 2.52. The van der Waals surface area contributed by atoms with Crippen LogP contribution in [0.2, 0.25) is 0 Å². The van der Waals surface area contributed by atoms with Crippen molar-refractivity contribution in [2.75, 3.05) is 20.8 Å². The highest BCUT2D eigenvalue weighted by molar-refractivity contribution is 5.91. The van der Waals surface area contributed by atoms with Crippen molar-refractivity contribution in [2.45, 2.75) is 39.2 Å². The number of methoxy groups -OCH3 is 2. The van der Waals surface area contributed by atoms with Crippen LogP contribution in [0.5, 0.6) is 28.7 Å². The second-order valence-electron chi connectivity index (χ2n) is 8.98. The third-order valence-electron chi connectivity index (χ3n) is 6.19. The molecule has 0 amide bonds. The summed E-state index contributed by atoms with van der Waals surface area (Å²) in [5.74, 6) is -1.47. The number of ether oxygens (including phenoxy) is 2. The number of fused-ring (bicyclic) bond motifs is 1. The zero-order valence-electron chi connectivity index (χ0n) is 20.8. The Kier molecular flexibility index (Phi) is 8.17. The van der Waals surface area contributed by atoms with Crippen molar-refractivity contribution in [2.24, 2.45) is 5.92 Å². The molecular formula is C27H32O9. The van der Waals surface area contributed by atoms with E-state index in [0.29, 0.717) is 35.1 Å². The molecule has 3 aromatic rings. The van der Waals surface area contributed by atoms with Gasteiger partial charge in [0.15, 0.2) is 17.3 Å². The monoisotopic (exact) mass is 500 g/mol. The van der Waals surface area contributed by atoms with Crippen molar-refractivity contribution >= 4 is 11.0 Å². The quantitative estimate of drug-likeness (QED) is 0.263. The Morgan fingerprint density at radius 2 is 1.69 bits per heavy atom. The first-order chi connectivity index (χ1) is 17.0. The van der Waals surface area contributed by atoms with Crippen LogP contribution in [0.4, 0.5) is 0 Å². The molecule has 2 aromatic carbocycles. The van der Waals surface area contributed by atoms with Crippen LogP contribution in [-0.2, 0) is 12.8 Å². The Morgan fingerprint density at radius 3 is 2.28 bits per heavy atom. The largest absolute Gasteiger partial charge is 0.507 e. The molecule has 36 heavy (non-hydrogen) atoms. The lowest BCUT2D eigenvalue weighted by Gasteiger charge is -2.18. The smallest absolute Gasteiger partial charge is 0.239 e. The highest BCUT2D eigenvalue weighted by atomic mass is 16.5. The number of benzene rings is 2. The molecule has 0 aliphatic rings. The summed E-state index contributed by atoms with van der Waals surface area (Å²) in [6, 6.07) is 4.39. The molecule has 2 atom stereocenters. The first kappa shape index (κ1) is 26.9. The van der Waals surface area contributed by atoms with E-state index in [4.69, 9.17) is 13.9 Å². The first-order valence-electron chi connectivity index (χ1n) is 11.5. The van der Waals surface area contributed by atoms with Gasteiger partial charge < -0.3 is 39.4 Å². The van der Waals surface area contributed by atoms with Crippen LogP contribution in [-0.4, -0.2) is 52.5 Å². The van der Waals surface area contributed by atoms with Crippen molar-refractivity contribution in [1.82, 2.24) is 0 Å². The Morgan fingerprint density at radius 1 is 1.06 bits per heavy atom. The summed E-state index contributed by atoms with van der Waals surface area (Å²) in [5.41, 5.74) is 1.05. The molecule has 9 heteroatoms. The van der Waals surface area contributed by atoms with Gasteiger partial charge in [0, 0.05) is 24.7 Å². The molecule has 0 fully saturated rings. The molecule has 194 valence electrons. The summed E-state index contributed by atoms with van der Waals surface area (Å²) in [5, 5.41) is 51.3. The average molecular weight is 501 g/mol. The predicted octanol–water partition coefficient (Wildman–Crippen LogP) is 3.63. The van der Waals surface area contributed by atoms with E-state index < -0.39 is 23.0 Å². The van der Waals surface area contributed by atoms with E-state index in [-0.39, 0.29) is 52.9 Å². The first-order valence-corrected chi connectivity index (χ1v) is 11.5.